The van der Waals surface area contributed by atoms with Crippen molar-refractivity contribution in [3.63, 3.8) is 0 Å². The first-order valence-corrected chi connectivity index (χ1v) is 5.45. The number of nitrogens with one attached hydrogen (secondary N) is 2. The Morgan fingerprint density at radius 1 is 1.43 bits per heavy atom. The fourth-order valence-electron chi connectivity index (χ4n) is 1.69. The standard InChI is InChI=1S/C10H20N2O2/c1-2-14-8-7-11-10(13)12-9-5-3-4-6-9/h9H,2-8H2,1H3,(H2,11,12,13). The SMILES string of the molecule is CCOCCNC(=O)NC1CCCC1. The van der Waals surface area contributed by atoms with Crippen molar-refractivity contribution in [2.45, 2.75) is 38.6 Å². The summed E-state index contributed by atoms with van der Waals surface area (Å²) >= 11 is 0. The summed E-state index contributed by atoms with van der Waals surface area (Å²) in [6.07, 6.45) is 4.73. The molecule has 14 heavy (non-hydrogen) atoms. The van der Waals surface area contributed by atoms with Gasteiger partial charge < -0.3 is 15.4 Å². The fraction of sp³-hybridized carbons (Fsp3) is 0.900. The Bertz CT molecular complexity index is 168. The molecule has 0 unspecified atom stereocenters. The van der Waals surface area contributed by atoms with Gasteiger partial charge in [0.2, 0.25) is 0 Å². The second-order valence-electron chi connectivity index (χ2n) is 3.58. The summed E-state index contributed by atoms with van der Waals surface area (Å²) in [4.78, 5) is 11.3. The van der Waals surface area contributed by atoms with Crippen molar-refractivity contribution >= 4 is 6.03 Å². The average Bonchev–Trinajstić information content (AvgIpc) is 2.65. The molecule has 0 aromatic heterocycles. The maximum atomic E-state index is 11.3. The third kappa shape index (κ3) is 4.46. The van der Waals surface area contributed by atoms with Crippen LogP contribution in [0.5, 0.6) is 0 Å². The molecule has 82 valence electrons. The van der Waals surface area contributed by atoms with Crippen LogP contribution in [0.1, 0.15) is 32.6 Å². The Morgan fingerprint density at radius 3 is 2.79 bits per heavy atom. The summed E-state index contributed by atoms with van der Waals surface area (Å²) in [5, 5.41) is 5.72. The van der Waals surface area contributed by atoms with Crippen LogP contribution >= 0.6 is 0 Å². The van der Waals surface area contributed by atoms with E-state index < -0.39 is 0 Å². The van der Waals surface area contributed by atoms with Crippen molar-refractivity contribution in [3.8, 4) is 0 Å². The second-order valence-corrected chi connectivity index (χ2v) is 3.58. The highest BCUT2D eigenvalue weighted by Gasteiger charge is 2.16. The first-order chi connectivity index (χ1) is 6.83. The number of amides is 2. The van der Waals surface area contributed by atoms with Crippen LogP contribution in [0.3, 0.4) is 0 Å². The lowest BCUT2D eigenvalue weighted by molar-refractivity contribution is 0.149. The van der Waals surface area contributed by atoms with Gasteiger partial charge in [-0.15, -0.1) is 0 Å². The van der Waals surface area contributed by atoms with Gasteiger partial charge in [-0.25, -0.2) is 4.79 Å². The molecular formula is C10H20N2O2. The Hall–Kier alpha value is -0.770. The van der Waals surface area contributed by atoms with Crippen LogP contribution in [0.15, 0.2) is 0 Å². The van der Waals surface area contributed by atoms with E-state index in [1.807, 2.05) is 6.92 Å². The highest BCUT2D eigenvalue weighted by atomic mass is 16.5. The number of ether oxygens (including phenoxy) is 1. The Balaban J connectivity index is 1.98. The third-order valence-electron chi connectivity index (χ3n) is 2.43. The summed E-state index contributed by atoms with van der Waals surface area (Å²) in [5.74, 6) is 0. The molecule has 0 aromatic carbocycles. The molecule has 0 saturated heterocycles. The lowest BCUT2D eigenvalue weighted by Crippen LogP contribution is -2.42. The normalized spacial score (nSPS) is 16.9. The predicted octanol–water partition coefficient (Wildman–Crippen LogP) is 1.26. The number of carbonyl (C=O) groups excluding carboxylic acids is 1. The zero-order valence-electron chi connectivity index (χ0n) is 8.84. The van der Waals surface area contributed by atoms with E-state index in [0.29, 0.717) is 25.8 Å². The van der Waals surface area contributed by atoms with Crippen molar-refractivity contribution in [3.05, 3.63) is 0 Å². The summed E-state index contributed by atoms with van der Waals surface area (Å²) in [5.41, 5.74) is 0. The van der Waals surface area contributed by atoms with Crippen LogP contribution in [-0.2, 0) is 4.74 Å². The van der Waals surface area contributed by atoms with Crippen molar-refractivity contribution in [1.29, 1.82) is 0 Å². The highest BCUT2D eigenvalue weighted by molar-refractivity contribution is 5.74. The molecule has 0 atom stereocenters. The zero-order valence-corrected chi connectivity index (χ0v) is 8.84. The van der Waals surface area contributed by atoms with Crippen LogP contribution < -0.4 is 10.6 Å². The number of hydrogen-bond acceptors (Lipinski definition) is 2. The summed E-state index contributed by atoms with van der Waals surface area (Å²) < 4.78 is 5.11. The summed E-state index contributed by atoms with van der Waals surface area (Å²) in [6, 6.07) is 0.332. The lowest BCUT2D eigenvalue weighted by atomic mass is 10.3. The van der Waals surface area contributed by atoms with Gasteiger partial charge in [-0.05, 0) is 19.8 Å². The molecular weight excluding hydrogens is 180 g/mol. The van der Waals surface area contributed by atoms with Gasteiger partial charge >= 0.3 is 6.03 Å². The summed E-state index contributed by atoms with van der Waals surface area (Å²) in [7, 11) is 0. The molecule has 0 radical (unpaired) electrons. The minimum absolute atomic E-state index is 0.0587. The smallest absolute Gasteiger partial charge is 0.315 e. The van der Waals surface area contributed by atoms with Crippen LogP contribution in [0.4, 0.5) is 4.79 Å². The van der Waals surface area contributed by atoms with Gasteiger partial charge in [0.25, 0.3) is 0 Å². The molecule has 0 spiro atoms. The fourth-order valence-corrected chi connectivity index (χ4v) is 1.69. The topological polar surface area (TPSA) is 50.4 Å². The molecule has 1 rings (SSSR count). The molecule has 0 aliphatic heterocycles. The number of hydrogen-bond donors (Lipinski definition) is 2. The van der Waals surface area contributed by atoms with E-state index in [0.717, 1.165) is 12.8 Å². The minimum Gasteiger partial charge on any atom is -0.380 e. The van der Waals surface area contributed by atoms with E-state index in [-0.39, 0.29) is 6.03 Å². The number of rotatable bonds is 5. The largest absolute Gasteiger partial charge is 0.380 e. The number of urea groups is 1. The van der Waals surface area contributed by atoms with E-state index >= 15 is 0 Å². The van der Waals surface area contributed by atoms with Gasteiger partial charge in [-0.3, -0.25) is 0 Å². The third-order valence-corrected chi connectivity index (χ3v) is 2.43. The molecule has 0 bridgehead atoms. The summed E-state index contributed by atoms with van der Waals surface area (Å²) in [6.45, 7) is 3.82. The molecule has 4 nitrogen and oxygen atoms in total. The van der Waals surface area contributed by atoms with E-state index in [1.165, 1.54) is 12.8 Å². The second kappa shape index (κ2) is 6.65. The van der Waals surface area contributed by atoms with Gasteiger partial charge in [0, 0.05) is 19.2 Å². The number of carbonyl (C=O) groups is 1. The minimum atomic E-state index is -0.0587. The van der Waals surface area contributed by atoms with E-state index in [2.05, 4.69) is 10.6 Å². The molecule has 4 heteroatoms. The monoisotopic (exact) mass is 200 g/mol. The van der Waals surface area contributed by atoms with Gasteiger partial charge in [0.15, 0.2) is 0 Å². The van der Waals surface area contributed by atoms with Gasteiger partial charge in [0.1, 0.15) is 0 Å². The van der Waals surface area contributed by atoms with Gasteiger partial charge in [0.05, 0.1) is 6.61 Å². The first kappa shape index (κ1) is 11.3. The van der Waals surface area contributed by atoms with E-state index in [4.69, 9.17) is 4.74 Å². The van der Waals surface area contributed by atoms with Crippen molar-refractivity contribution < 1.29 is 9.53 Å². The highest BCUT2D eigenvalue weighted by Crippen LogP contribution is 2.17. The van der Waals surface area contributed by atoms with Crippen LogP contribution in [-0.4, -0.2) is 31.8 Å². The van der Waals surface area contributed by atoms with Crippen molar-refractivity contribution in [2.24, 2.45) is 0 Å². The Morgan fingerprint density at radius 2 is 2.14 bits per heavy atom. The van der Waals surface area contributed by atoms with Crippen LogP contribution in [0, 0.1) is 0 Å². The van der Waals surface area contributed by atoms with Crippen LogP contribution in [0.2, 0.25) is 0 Å². The van der Waals surface area contributed by atoms with Crippen molar-refractivity contribution in [2.75, 3.05) is 19.8 Å². The molecule has 2 N–H and O–H groups in total. The molecule has 2 amide bonds. The predicted molar refractivity (Wildman–Crippen MR) is 55.3 cm³/mol. The van der Waals surface area contributed by atoms with Gasteiger partial charge in [-0.1, -0.05) is 12.8 Å². The lowest BCUT2D eigenvalue weighted by Gasteiger charge is -2.12. The molecule has 1 fully saturated rings. The zero-order chi connectivity index (χ0) is 10.2. The van der Waals surface area contributed by atoms with Crippen LogP contribution in [0.25, 0.3) is 0 Å². The average molecular weight is 200 g/mol. The maximum absolute atomic E-state index is 11.3. The molecule has 1 aliphatic carbocycles. The molecule has 0 heterocycles. The first-order valence-electron chi connectivity index (χ1n) is 5.45. The van der Waals surface area contributed by atoms with E-state index in [9.17, 15) is 4.79 Å². The Labute approximate surface area is 85.4 Å². The van der Waals surface area contributed by atoms with E-state index in [1.54, 1.807) is 0 Å². The molecule has 1 saturated carbocycles. The molecule has 1 aliphatic rings. The Kier molecular flexibility index (Phi) is 5.37. The molecule has 0 aromatic rings. The van der Waals surface area contributed by atoms with Gasteiger partial charge in [-0.2, -0.15) is 0 Å². The quantitative estimate of drug-likeness (QED) is 0.656. The maximum Gasteiger partial charge on any atom is 0.315 e. The van der Waals surface area contributed by atoms with Crippen molar-refractivity contribution in [1.82, 2.24) is 10.6 Å².